The van der Waals surface area contributed by atoms with E-state index in [4.69, 9.17) is 0 Å². The third-order valence-electron chi connectivity index (χ3n) is 6.74. The first-order chi connectivity index (χ1) is 7.75. The van der Waals surface area contributed by atoms with E-state index in [-0.39, 0.29) is 28.3 Å². The number of carbonyl (C=O) groups is 1. The molecule has 3 saturated carbocycles. The first kappa shape index (κ1) is 11.7. The van der Waals surface area contributed by atoms with E-state index in [1.54, 1.807) is 0 Å². The molecule has 0 saturated heterocycles. The predicted octanol–water partition coefficient (Wildman–Crippen LogP) is 2.79. The van der Waals surface area contributed by atoms with Crippen molar-refractivity contribution in [3.8, 4) is 0 Å². The Morgan fingerprint density at radius 3 is 2.41 bits per heavy atom. The van der Waals surface area contributed by atoms with E-state index in [0.29, 0.717) is 11.7 Å². The summed E-state index contributed by atoms with van der Waals surface area (Å²) in [6, 6.07) is 0. The topological polar surface area (TPSA) is 37.3 Å². The van der Waals surface area contributed by atoms with Gasteiger partial charge in [-0.25, -0.2) is 0 Å². The van der Waals surface area contributed by atoms with Gasteiger partial charge in [-0.3, -0.25) is 4.79 Å². The Morgan fingerprint density at radius 1 is 1.12 bits per heavy atom. The molecule has 0 amide bonds. The predicted molar refractivity (Wildman–Crippen MR) is 66.5 cm³/mol. The Balaban J connectivity index is 2.20. The van der Waals surface area contributed by atoms with E-state index in [0.717, 1.165) is 25.7 Å². The lowest BCUT2D eigenvalue weighted by molar-refractivity contribution is -0.139. The van der Waals surface area contributed by atoms with Gasteiger partial charge in [-0.05, 0) is 37.0 Å². The lowest BCUT2D eigenvalue weighted by Crippen LogP contribution is -2.45. The molecule has 3 rings (SSSR count). The SMILES string of the molecule is CC1(C)CC[C@H](O)C2(C)C3CCC2(C)C(=O)C31. The number of rotatable bonds is 0. The fourth-order valence-corrected chi connectivity index (χ4v) is 5.33. The monoisotopic (exact) mass is 236 g/mol. The molecule has 3 aliphatic rings. The maximum absolute atomic E-state index is 12.8. The van der Waals surface area contributed by atoms with E-state index in [1.807, 2.05) is 0 Å². The van der Waals surface area contributed by atoms with Crippen molar-refractivity contribution >= 4 is 5.78 Å². The Hall–Kier alpha value is -0.370. The van der Waals surface area contributed by atoms with Gasteiger partial charge in [0.2, 0.25) is 0 Å². The average molecular weight is 236 g/mol. The Bertz CT molecular complexity index is 386. The molecule has 0 heterocycles. The molecule has 0 aromatic carbocycles. The molecule has 96 valence electrons. The van der Waals surface area contributed by atoms with Gasteiger partial charge in [0.1, 0.15) is 5.78 Å². The van der Waals surface area contributed by atoms with Crippen LogP contribution in [0.1, 0.15) is 53.4 Å². The Labute approximate surface area is 104 Å². The third-order valence-corrected chi connectivity index (χ3v) is 6.74. The molecule has 5 atom stereocenters. The van der Waals surface area contributed by atoms with Crippen LogP contribution in [0.25, 0.3) is 0 Å². The van der Waals surface area contributed by atoms with Crippen LogP contribution in [0.5, 0.6) is 0 Å². The highest BCUT2D eigenvalue weighted by molar-refractivity contribution is 5.92. The molecule has 3 fully saturated rings. The zero-order chi connectivity index (χ0) is 12.6. The number of aliphatic hydroxyl groups is 1. The first-order valence-corrected chi connectivity index (χ1v) is 6.97. The van der Waals surface area contributed by atoms with Crippen molar-refractivity contribution in [2.45, 2.75) is 59.5 Å². The van der Waals surface area contributed by atoms with Crippen molar-refractivity contribution in [1.29, 1.82) is 0 Å². The fraction of sp³-hybridized carbons (Fsp3) is 0.933. The summed E-state index contributed by atoms with van der Waals surface area (Å²) in [7, 11) is 0. The van der Waals surface area contributed by atoms with Crippen molar-refractivity contribution in [2.75, 3.05) is 0 Å². The van der Waals surface area contributed by atoms with Crippen LogP contribution in [0.2, 0.25) is 0 Å². The van der Waals surface area contributed by atoms with Crippen LogP contribution in [0.4, 0.5) is 0 Å². The van der Waals surface area contributed by atoms with Crippen LogP contribution in [0.3, 0.4) is 0 Å². The zero-order valence-electron chi connectivity index (χ0n) is 11.4. The maximum atomic E-state index is 12.8. The molecule has 2 nitrogen and oxygen atoms in total. The molecular formula is C15H24O2. The van der Waals surface area contributed by atoms with Gasteiger partial charge in [0.25, 0.3) is 0 Å². The van der Waals surface area contributed by atoms with E-state index < -0.39 is 0 Å². The molecule has 4 bridgehead atoms. The Kier molecular flexibility index (Phi) is 2.04. The summed E-state index contributed by atoms with van der Waals surface area (Å²) in [6.45, 7) is 8.73. The van der Waals surface area contributed by atoms with Gasteiger partial charge >= 0.3 is 0 Å². The average Bonchev–Trinajstić information content (AvgIpc) is 2.57. The summed E-state index contributed by atoms with van der Waals surface area (Å²) in [4.78, 5) is 12.8. The molecule has 0 aromatic heterocycles. The molecule has 17 heavy (non-hydrogen) atoms. The second-order valence-corrected chi connectivity index (χ2v) is 7.64. The maximum Gasteiger partial charge on any atom is 0.143 e. The summed E-state index contributed by atoms with van der Waals surface area (Å²) >= 11 is 0. The summed E-state index contributed by atoms with van der Waals surface area (Å²) in [5.41, 5.74) is -0.360. The van der Waals surface area contributed by atoms with Crippen LogP contribution in [0.15, 0.2) is 0 Å². The highest BCUT2D eigenvalue weighted by Gasteiger charge is 2.73. The van der Waals surface area contributed by atoms with Crippen molar-refractivity contribution < 1.29 is 9.90 Å². The fourth-order valence-electron chi connectivity index (χ4n) is 5.33. The van der Waals surface area contributed by atoms with Gasteiger partial charge in [0.05, 0.1) is 6.10 Å². The van der Waals surface area contributed by atoms with E-state index in [1.165, 1.54) is 0 Å². The molecule has 0 aromatic rings. The number of carbonyl (C=O) groups excluding carboxylic acids is 1. The molecule has 4 unspecified atom stereocenters. The largest absolute Gasteiger partial charge is 0.393 e. The number of hydrogen-bond donors (Lipinski definition) is 1. The molecule has 0 spiro atoms. The lowest BCUT2D eigenvalue weighted by atomic mass is 9.63. The lowest BCUT2D eigenvalue weighted by Gasteiger charge is -2.41. The normalized spacial score (nSPS) is 56.1. The summed E-state index contributed by atoms with van der Waals surface area (Å²) in [5.74, 6) is 1.04. The van der Waals surface area contributed by atoms with Crippen molar-refractivity contribution in [1.82, 2.24) is 0 Å². The number of aliphatic hydroxyl groups excluding tert-OH is 1. The van der Waals surface area contributed by atoms with Crippen LogP contribution in [-0.4, -0.2) is 17.0 Å². The highest BCUT2D eigenvalue weighted by atomic mass is 16.3. The van der Waals surface area contributed by atoms with Gasteiger partial charge in [-0.2, -0.15) is 0 Å². The highest BCUT2D eigenvalue weighted by Crippen LogP contribution is 2.72. The summed E-state index contributed by atoms with van der Waals surface area (Å²) in [6.07, 6.45) is 3.66. The van der Waals surface area contributed by atoms with Gasteiger partial charge in [0.15, 0.2) is 0 Å². The van der Waals surface area contributed by atoms with Crippen LogP contribution >= 0.6 is 0 Å². The van der Waals surface area contributed by atoms with Gasteiger partial charge in [-0.1, -0.05) is 27.7 Å². The summed E-state index contributed by atoms with van der Waals surface area (Å²) in [5, 5.41) is 10.6. The Morgan fingerprint density at radius 2 is 1.76 bits per heavy atom. The van der Waals surface area contributed by atoms with E-state index in [2.05, 4.69) is 27.7 Å². The molecule has 3 aliphatic carbocycles. The van der Waals surface area contributed by atoms with Crippen LogP contribution in [-0.2, 0) is 4.79 Å². The second-order valence-electron chi connectivity index (χ2n) is 7.64. The minimum atomic E-state index is -0.296. The number of Topliss-reactive ketones (excluding diaryl/α,β-unsaturated/α-hetero) is 1. The molecule has 1 N–H and O–H groups in total. The van der Waals surface area contributed by atoms with Crippen LogP contribution < -0.4 is 0 Å². The standard InChI is InChI=1S/C15H24O2/c1-13(2)7-6-10(16)15(4)9-5-8-14(15,3)12(17)11(9)13/h9-11,16H,5-8H2,1-4H3/t9?,10-,11?,14?,15?/m0/s1. The van der Waals surface area contributed by atoms with Gasteiger partial charge in [-0.15, -0.1) is 0 Å². The van der Waals surface area contributed by atoms with E-state index >= 15 is 0 Å². The van der Waals surface area contributed by atoms with Gasteiger partial charge in [0, 0.05) is 16.7 Å². The zero-order valence-corrected chi connectivity index (χ0v) is 11.4. The van der Waals surface area contributed by atoms with Crippen molar-refractivity contribution in [3.63, 3.8) is 0 Å². The van der Waals surface area contributed by atoms with Crippen molar-refractivity contribution in [3.05, 3.63) is 0 Å². The minimum Gasteiger partial charge on any atom is -0.393 e. The number of hydrogen-bond acceptors (Lipinski definition) is 2. The van der Waals surface area contributed by atoms with Crippen molar-refractivity contribution in [2.24, 2.45) is 28.1 Å². The molecule has 0 radical (unpaired) electrons. The molecular weight excluding hydrogens is 212 g/mol. The van der Waals surface area contributed by atoms with Gasteiger partial charge < -0.3 is 5.11 Å². The smallest absolute Gasteiger partial charge is 0.143 e. The molecule has 0 aliphatic heterocycles. The summed E-state index contributed by atoms with van der Waals surface area (Å²) < 4.78 is 0. The third kappa shape index (κ3) is 1.05. The van der Waals surface area contributed by atoms with Crippen LogP contribution in [0, 0.1) is 28.1 Å². The molecule has 2 heteroatoms. The number of ketones is 1. The second kappa shape index (κ2) is 2.96. The quantitative estimate of drug-likeness (QED) is 0.702. The van der Waals surface area contributed by atoms with E-state index in [9.17, 15) is 9.90 Å². The minimum absolute atomic E-state index is 0.0681. The first-order valence-electron chi connectivity index (χ1n) is 6.97.